The molecule has 0 amide bonds. The number of aromatic nitrogens is 2. The Morgan fingerprint density at radius 3 is 2.59 bits per heavy atom. The molecule has 6 nitrogen and oxygen atoms in total. The quantitative estimate of drug-likeness (QED) is 0.264. The van der Waals surface area contributed by atoms with Gasteiger partial charge in [0, 0.05) is 38.5 Å². The number of rotatable bonds is 9. The summed E-state index contributed by atoms with van der Waals surface area (Å²) in [5.41, 5.74) is 3.20. The molecular weight excluding hydrogens is 534 g/mol. The van der Waals surface area contributed by atoms with Gasteiger partial charge in [0.1, 0.15) is 0 Å². The third-order valence-electron chi connectivity index (χ3n) is 5.35. The number of nitrogens with zero attached hydrogens (tertiary/aromatic N) is 3. The van der Waals surface area contributed by atoms with Gasteiger partial charge in [-0.1, -0.05) is 25.1 Å². The highest BCUT2D eigenvalue weighted by molar-refractivity contribution is 14.0. The Labute approximate surface area is 205 Å². The first-order valence-electron chi connectivity index (χ1n) is 10.3. The molecule has 1 heterocycles. The van der Waals surface area contributed by atoms with Crippen molar-refractivity contribution in [3.8, 4) is 0 Å². The van der Waals surface area contributed by atoms with Crippen LogP contribution in [0.25, 0.3) is 0 Å². The van der Waals surface area contributed by atoms with E-state index in [0.29, 0.717) is 44.2 Å². The lowest BCUT2D eigenvalue weighted by Crippen LogP contribution is -2.37. The third kappa shape index (κ3) is 7.95. The summed E-state index contributed by atoms with van der Waals surface area (Å²) in [6.07, 6.45) is -3.65. The molecule has 32 heavy (non-hydrogen) atoms. The minimum Gasteiger partial charge on any atom is -0.383 e. The van der Waals surface area contributed by atoms with E-state index in [4.69, 9.17) is 4.74 Å². The maximum atomic E-state index is 12.9. The highest BCUT2D eigenvalue weighted by atomic mass is 127. The van der Waals surface area contributed by atoms with Crippen LogP contribution in [0.15, 0.2) is 29.3 Å². The van der Waals surface area contributed by atoms with E-state index in [9.17, 15) is 13.2 Å². The van der Waals surface area contributed by atoms with Gasteiger partial charge in [-0.25, -0.2) is 0 Å². The van der Waals surface area contributed by atoms with E-state index in [0.717, 1.165) is 23.0 Å². The first-order valence-corrected chi connectivity index (χ1v) is 10.3. The van der Waals surface area contributed by atoms with Crippen LogP contribution in [0, 0.1) is 13.8 Å². The van der Waals surface area contributed by atoms with Crippen LogP contribution in [0.4, 0.5) is 13.2 Å². The second kappa shape index (κ2) is 13.0. The fraction of sp³-hybridized carbons (Fsp3) is 0.545. The van der Waals surface area contributed by atoms with Gasteiger partial charge in [0.05, 0.1) is 24.4 Å². The lowest BCUT2D eigenvalue weighted by Gasteiger charge is -2.16. The number of hydrogen-bond acceptors (Lipinski definition) is 3. The van der Waals surface area contributed by atoms with Gasteiger partial charge in [-0.2, -0.15) is 18.3 Å². The molecule has 1 aromatic carbocycles. The normalized spacial score (nSPS) is 12.9. The SMILES string of the molecule is CN=C(NCCC(C)c1cccc(C(F)(F)F)c1)NCc1c(C)nn(CCOC)c1C.I. The molecule has 0 aliphatic rings. The molecule has 0 saturated carbocycles. The lowest BCUT2D eigenvalue weighted by molar-refractivity contribution is -0.137. The van der Waals surface area contributed by atoms with Crippen LogP contribution in [0.1, 0.15) is 47.3 Å². The summed E-state index contributed by atoms with van der Waals surface area (Å²) in [5, 5.41) is 11.1. The van der Waals surface area contributed by atoms with Crippen molar-refractivity contribution in [3.63, 3.8) is 0 Å². The van der Waals surface area contributed by atoms with Crippen LogP contribution >= 0.6 is 24.0 Å². The summed E-state index contributed by atoms with van der Waals surface area (Å²) in [4.78, 5) is 4.23. The highest BCUT2D eigenvalue weighted by Crippen LogP contribution is 2.31. The Morgan fingerprint density at radius 2 is 1.97 bits per heavy atom. The number of hydrogen-bond donors (Lipinski definition) is 2. The molecule has 0 radical (unpaired) electrons. The predicted molar refractivity (Wildman–Crippen MR) is 132 cm³/mol. The summed E-state index contributed by atoms with van der Waals surface area (Å²) < 4.78 is 45.8. The zero-order valence-electron chi connectivity index (χ0n) is 19.2. The van der Waals surface area contributed by atoms with Gasteiger partial charge >= 0.3 is 6.18 Å². The van der Waals surface area contributed by atoms with E-state index in [1.54, 1.807) is 20.2 Å². The van der Waals surface area contributed by atoms with E-state index < -0.39 is 11.7 Å². The molecule has 0 spiro atoms. The average molecular weight is 567 g/mol. The summed E-state index contributed by atoms with van der Waals surface area (Å²) in [6, 6.07) is 5.52. The van der Waals surface area contributed by atoms with E-state index >= 15 is 0 Å². The third-order valence-corrected chi connectivity index (χ3v) is 5.35. The van der Waals surface area contributed by atoms with E-state index in [1.165, 1.54) is 12.1 Å². The van der Waals surface area contributed by atoms with Crippen LogP contribution in [-0.4, -0.2) is 43.0 Å². The molecule has 1 aromatic heterocycles. The van der Waals surface area contributed by atoms with Crippen LogP contribution < -0.4 is 10.6 Å². The smallest absolute Gasteiger partial charge is 0.383 e. The predicted octanol–water partition coefficient (Wildman–Crippen LogP) is 4.64. The molecule has 2 rings (SSSR count). The fourth-order valence-corrected chi connectivity index (χ4v) is 3.37. The zero-order valence-corrected chi connectivity index (χ0v) is 21.5. The summed E-state index contributed by atoms with van der Waals surface area (Å²) in [7, 11) is 3.35. The van der Waals surface area contributed by atoms with Crippen molar-refractivity contribution >= 4 is 29.9 Å². The number of alkyl halides is 3. The summed E-state index contributed by atoms with van der Waals surface area (Å²) >= 11 is 0. The van der Waals surface area contributed by atoms with E-state index in [1.807, 2.05) is 25.5 Å². The standard InChI is InChI=1S/C22H32F3N5O.HI/c1-15(18-7-6-8-19(13-18)22(23,24)25)9-10-27-21(26-4)28-14-20-16(2)29-30(17(20)3)11-12-31-5;/h6-8,13,15H,9-12,14H2,1-5H3,(H2,26,27,28);1H. The Bertz CT molecular complexity index is 883. The van der Waals surface area contributed by atoms with Crippen molar-refractivity contribution in [2.75, 3.05) is 27.3 Å². The van der Waals surface area contributed by atoms with Crippen molar-refractivity contribution < 1.29 is 17.9 Å². The van der Waals surface area contributed by atoms with Crippen molar-refractivity contribution in [1.82, 2.24) is 20.4 Å². The number of guanidine groups is 1. The maximum absolute atomic E-state index is 12.9. The van der Waals surface area contributed by atoms with Crippen LogP contribution in [0.3, 0.4) is 0 Å². The lowest BCUT2D eigenvalue weighted by atomic mass is 9.96. The fourth-order valence-electron chi connectivity index (χ4n) is 3.37. The number of methoxy groups -OCH3 is 1. The van der Waals surface area contributed by atoms with Gasteiger partial charge in [-0.05, 0) is 37.8 Å². The first kappa shape index (κ1) is 28.2. The highest BCUT2D eigenvalue weighted by Gasteiger charge is 2.30. The Kier molecular flexibility index (Phi) is 11.5. The van der Waals surface area contributed by atoms with Gasteiger partial charge in [0.2, 0.25) is 0 Å². The zero-order chi connectivity index (χ0) is 23.0. The molecule has 180 valence electrons. The molecule has 0 aliphatic heterocycles. The van der Waals surface area contributed by atoms with Gasteiger partial charge < -0.3 is 15.4 Å². The van der Waals surface area contributed by atoms with Gasteiger partial charge in [-0.3, -0.25) is 9.67 Å². The molecule has 0 fully saturated rings. The van der Waals surface area contributed by atoms with Crippen LogP contribution in [0.5, 0.6) is 0 Å². The van der Waals surface area contributed by atoms with Gasteiger partial charge in [0.25, 0.3) is 0 Å². The second-order valence-corrected chi connectivity index (χ2v) is 7.53. The molecule has 2 N–H and O–H groups in total. The van der Waals surface area contributed by atoms with E-state index in [2.05, 4.69) is 20.7 Å². The van der Waals surface area contributed by atoms with Gasteiger partial charge in [0.15, 0.2) is 5.96 Å². The second-order valence-electron chi connectivity index (χ2n) is 7.53. The Hall–Kier alpha value is -1.82. The first-order chi connectivity index (χ1) is 14.7. The number of nitrogens with one attached hydrogen (secondary N) is 2. The molecule has 10 heteroatoms. The van der Waals surface area contributed by atoms with Crippen molar-refractivity contribution in [2.45, 2.75) is 52.4 Å². The minimum atomic E-state index is -4.33. The topological polar surface area (TPSA) is 63.5 Å². The van der Waals surface area contributed by atoms with Crippen molar-refractivity contribution in [2.24, 2.45) is 4.99 Å². The van der Waals surface area contributed by atoms with E-state index in [-0.39, 0.29) is 29.9 Å². The Balaban J connectivity index is 0.00000512. The number of ether oxygens (including phenoxy) is 1. The maximum Gasteiger partial charge on any atom is 0.416 e. The number of aliphatic imine (C=N–C) groups is 1. The van der Waals surface area contributed by atoms with Crippen LogP contribution in [-0.2, 0) is 24.0 Å². The number of aryl methyl sites for hydroxylation is 1. The van der Waals surface area contributed by atoms with Gasteiger partial charge in [-0.15, -0.1) is 24.0 Å². The molecule has 0 saturated heterocycles. The minimum absolute atomic E-state index is 0. The monoisotopic (exact) mass is 567 g/mol. The average Bonchev–Trinajstić information content (AvgIpc) is 3.01. The number of benzene rings is 1. The summed E-state index contributed by atoms with van der Waals surface area (Å²) in [5.74, 6) is 0.621. The molecule has 0 bridgehead atoms. The Morgan fingerprint density at radius 1 is 1.25 bits per heavy atom. The molecule has 0 aliphatic carbocycles. The molecule has 2 aromatic rings. The van der Waals surface area contributed by atoms with Crippen molar-refractivity contribution in [3.05, 3.63) is 52.3 Å². The largest absolute Gasteiger partial charge is 0.416 e. The molecular formula is C22H33F3IN5O. The number of halogens is 4. The molecule has 1 atom stereocenters. The molecule has 1 unspecified atom stereocenters. The summed E-state index contributed by atoms with van der Waals surface area (Å²) in [6.45, 7) is 8.38. The van der Waals surface area contributed by atoms with Crippen LogP contribution in [0.2, 0.25) is 0 Å². The van der Waals surface area contributed by atoms with Crippen molar-refractivity contribution in [1.29, 1.82) is 0 Å².